The minimum Gasteiger partial charge on any atom is -0.435 e. The molecule has 13 nitrogen and oxygen atoms in total. The molecule has 1 aliphatic rings. The Kier molecular flexibility index (Phi) is 7.54. The Morgan fingerprint density at radius 3 is 2.64 bits per heavy atom. The summed E-state index contributed by atoms with van der Waals surface area (Å²) in [6, 6.07) is 11.7. The molecule has 0 saturated carbocycles. The highest BCUT2D eigenvalue weighted by atomic mass is 32.2. The number of nitrogen functional groups attached to an aromatic ring is 1. The van der Waals surface area contributed by atoms with Crippen LogP contribution < -0.4 is 25.8 Å². The highest BCUT2D eigenvalue weighted by Gasteiger charge is 2.31. The van der Waals surface area contributed by atoms with Crippen LogP contribution in [0, 0.1) is 11.3 Å². The number of benzene rings is 2. The van der Waals surface area contributed by atoms with Gasteiger partial charge in [-0.15, -0.1) is 0 Å². The van der Waals surface area contributed by atoms with E-state index < -0.39 is 21.8 Å². The van der Waals surface area contributed by atoms with Crippen molar-refractivity contribution < 1.29 is 27.5 Å². The molecule has 0 spiro atoms. The lowest BCUT2D eigenvalue weighted by Crippen LogP contribution is -2.40. The summed E-state index contributed by atoms with van der Waals surface area (Å²) in [5.74, 6) is -0.636. The van der Waals surface area contributed by atoms with Gasteiger partial charge in [-0.2, -0.15) is 15.2 Å². The Balaban J connectivity index is 1.73. The van der Waals surface area contributed by atoms with Crippen molar-refractivity contribution in [3.8, 4) is 29.5 Å². The molecule has 0 saturated heterocycles. The third-order valence-corrected chi connectivity index (χ3v) is 6.53. The number of carbonyl (C=O) groups excluding carboxylic acids is 2. The number of ether oxygens (including phenoxy) is 2. The molecule has 39 heavy (non-hydrogen) atoms. The maximum absolute atomic E-state index is 12.8. The van der Waals surface area contributed by atoms with Crippen molar-refractivity contribution in [3.63, 3.8) is 0 Å². The largest absolute Gasteiger partial charge is 0.435 e. The van der Waals surface area contributed by atoms with E-state index in [2.05, 4.69) is 20.6 Å². The number of nitriles is 1. The molecule has 4 N–H and O–H groups in total. The standard InChI is InChI=1S/C25H25N7O6S/c1-32(2)24(34)15-5-4-6-16(12-15)37-25-30-21-20(29-22(33)18(28-21)9-10-39(3,35)36)23(31-25)38-19-11-14(13-26)7-8-17(19)27/h4-8,11-12,18H,9-10,27H2,1-3H3,(H,29,33)(H,28,30,31). The first-order chi connectivity index (χ1) is 18.4. The van der Waals surface area contributed by atoms with Gasteiger partial charge in [0.15, 0.2) is 11.6 Å². The minimum absolute atomic E-state index is 0.00759. The van der Waals surface area contributed by atoms with Crippen molar-refractivity contribution in [3.05, 3.63) is 53.6 Å². The average molecular weight is 552 g/mol. The van der Waals surface area contributed by atoms with Gasteiger partial charge in [-0.3, -0.25) is 9.59 Å². The van der Waals surface area contributed by atoms with Crippen molar-refractivity contribution in [1.82, 2.24) is 14.9 Å². The van der Waals surface area contributed by atoms with E-state index in [0.29, 0.717) is 5.56 Å². The Morgan fingerprint density at radius 2 is 1.95 bits per heavy atom. The molecule has 14 heteroatoms. The summed E-state index contributed by atoms with van der Waals surface area (Å²) in [7, 11) is -0.0756. The van der Waals surface area contributed by atoms with E-state index in [0.717, 1.165) is 6.26 Å². The number of nitrogens with zero attached hydrogens (tertiary/aromatic N) is 4. The molecular weight excluding hydrogens is 526 g/mol. The van der Waals surface area contributed by atoms with E-state index in [4.69, 9.17) is 15.2 Å². The van der Waals surface area contributed by atoms with Gasteiger partial charge in [0, 0.05) is 32.0 Å². The predicted octanol–water partition coefficient (Wildman–Crippen LogP) is 2.38. The Labute approximate surface area is 224 Å². The lowest BCUT2D eigenvalue weighted by Gasteiger charge is -2.27. The molecule has 1 unspecified atom stereocenters. The van der Waals surface area contributed by atoms with Gasteiger partial charge in [0.1, 0.15) is 27.3 Å². The van der Waals surface area contributed by atoms with E-state index in [1.54, 1.807) is 32.3 Å². The molecule has 0 aliphatic carbocycles. The van der Waals surface area contributed by atoms with Crippen LogP contribution in [0.5, 0.6) is 23.4 Å². The summed E-state index contributed by atoms with van der Waals surface area (Å²) in [6.07, 6.45) is 1.07. The highest BCUT2D eigenvalue weighted by Crippen LogP contribution is 2.40. The fourth-order valence-electron chi connectivity index (χ4n) is 3.59. The quantitative estimate of drug-likeness (QED) is 0.348. The highest BCUT2D eigenvalue weighted by molar-refractivity contribution is 7.90. The number of nitrogens with one attached hydrogen (secondary N) is 2. The number of carbonyl (C=O) groups is 2. The molecule has 2 aromatic carbocycles. The first-order valence-electron chi connectivity index (χ1n) is 11.6. The SMILES string of the molecule is CN(C)C(=O)c1cccc(Oc2nc3c(c(Oc4cc(C#N)ccc4N)n2)NC(=O)C(CCS(C)(=O)=O)N3)c1. The molecule has 3 aromatic rings. The van der Waals surface area contributed by atoms with Crippen LogP contribution in [-0.4, -0.2) is 67.2 Å². The third-order valence-electron chi connectivity index (χ3n) is 5.55. The van der Waals surface area contributed by atoms with Gasteiger partial charge in [-0.1, -0.05) is 6.07 Å². The van der Waals surface area contributed by atoms with Crippen LogP contribution >= 0.6 is 0 Å². The summed E-state index contributed by atoms with van der Waals surface area (Å²) < 4.78 is 35.1. The molecule has 0 bridgehead atoms. The predicted molar refractivity (Wildman–Crippen MR) is 143 cm³/mol. The summed E-state index contributed by atoms with van der Waals surface area (Å²) in [5, 5.41) is 14.8. The number of anilines is 3. The second kappa shape index (κ2) is 10.8. The van der Waals surface area contributed by atoms with Gasteiger partial charge in [0.05, 0.1) is 23.1 Å². The van der Waals surface area contributed by atoms with Gasteiger partial charge in [0.25, 0.3) is 11.8 Å². The maximum atomic E-state index is 12.8. The van der Waals surface area contributed by atoms with E-state index in [-0.39, 0.29) is 64.2 Å². The summed E-state index contributed by atoms with van der Waals surface area (Å²) in [4.78, 5) is 35.2. The second-order valence-electron chi connectivity index (χ2n) is 8.94. The van der Waals surface area contributed by atoms with Crippen LogP contribution in [0.1, 0.15) is 22.3 Å². The molecular formula is C25H25N7O6S. The Morgan fingerprint density at radius 1 is 1.18 bits per heavy atom. The van der Waals surface area contributed by atoms with Gasteiger partial charge in [-0.05, 0) is 36.8 Å². The lowest BCUT2D eigenvalue weighted by atomic mass is 10.1. The van der Waals surface area contributed by atoms with Crippen molar-refractivity contribution in [2.45, 2.75) is 12.5 Å². The number of hydrogen-bond acceptors (Lipinski definition) is 11. The van der Waals surface area contributed by atoms with E-state index in [1.807, 2.05) is 6.07 Å². The van der Waals surface area contributed by atoms with Crippen LogP contribution in [0.15, 0.2) is 42.5 Å². The maximum Gasteiger partial charge on any atom is 0.327 e. The molecule has 0 fully saturated rings. The van der Waals surface area contributed by atoms with Crippen molar-refractivity contribution in [2.75, 3.05) is 42.5 Å². The van der Waals surface area contributed by atoms with Gasteiger partial charge >= 0.3 is 6.01 Å². The number of hydrogen-bond donors (Lipinski definition) is 3. The monoisotopic (exact) mass is 551 g/mol. The zero-order valence-electron chi connectivity index (χ0n) is 21.3. The molecule has 2 amide bonds. The molecule has 202 valence electrons. The molecule has 1 aromatic heterocycles. The van der Waals surface area contributed by atoms with E-state index in [9.17, 15) is 23.3 Å². The summed E-state index contributed by atoms with van der Waals surface area (Å²) in [6.45, 7) is 0. The molecule has 1 atom stereocenters. The van der Waals surface area contributed by atoms with Crippen LogP contribution in [0.4, 0.5) is 17.2 Å². The summed E-state index contributed by atoms with van der Waals surface area (Å²) >= 11 is 0. The summed E-state index contributed by atoms with van der Waals surface area (Å²) in [5.41, 5.74) is 6.96. The smallest absolute Gasteiger partial charge is 0.327 e. The number of amides is 2. The number of nitrogens with two attached hydrogens (primary N) is 1. The molecule has 4 rings (SSSR count). The van der Waals surface area contributed by atoms with Crippen LogP contribution in [-0.2, 0) is 14.6 Å². The first-order valence-corrected chi connectivity index (χ1v) is 13.6. The third kappa shape index (κ3) is 6.51. The number of rotatable bonds is 8. The van der Waals surface area contributed by atoms with Crippen LogP contribution in [0.25, 0.3) is 0 Å². The topological polar surface area (TPSA) is 190 Å². The van der Waals surface area contributed by atoms with Crippen molar-refractivity contribution in [1.29, 1.82) is 5.26 Å². The van der Waals surface area contributed by atoms with Crippen molar-refractivity contribution in [2.24, 2.45) is 0 Å². The minimum atomic E-state index is -3.32. The fourth-order valence-corrected chi connectivity index (χ4v) is 4.25. The number of aromatic nitrogens is 2. The van der Waals surface area contributed by atoms with Crippen LogP contribution in [0.2, 0.25) is 0 Å². The van der Waals surface area contributed by atoms with Crippen molar-refractivity contribution >= 4 is 38.8 Å². The normalized spacial score (nSPS) is 14.3. The zero-order valence-corrected chi connectivity index (χ0v) is 22.1. The molecule has 2 heterocycles. The number of fused-ring (bicyclic) bond motifs is 1. The Bertz CT molecular complexity index is 1600. The van der Waals surface area contributed by atoms with Gasteiger partial charge < -0.3 is 30.7 Å². The fraction of sp³-hybridized carbons (Fsp3) is 0.240. The first kappa shape index (κ1) is 27.1. The van der Waals surface area contributed by atoms with E-state index >= 15 is 0 Å². The van der Waals surface area contributed by atoms with Gasteiger partial charge in [0.2, 0.25) is 5.91 Å². The molecule has 0 radical (unpaired) electrons. The lowest BCUT2D eigenvalue weighted by molar-refractivity contribution is -0.117. The number of sulfone groups is 1. The van der Waals surface area contributed by atoms with Gasteiger partial charge in [-0.25, -0.2) is 8.42 Å². The Hall–Kier alpha value is -4.90. The second-order valence-corrected chi connectivity index (χ2v) is 11.2. The average Bonchev–Trinajstić information content (AvgIpc) is 2.88. The van der Waals surface area contributed by atoms with Crippen LogP contribution in [0.3, 0.4) is 0 Å². The molecule has 1 aliphatic heterocycles. The van der Waals surface area contributed by atoms with E-state index in [1.165, 1.54) is 29.2 Å². The zero-order chi connectivity index (χ0) is 28.3.